The summed E-state index contributed by atoms with van der Waals surface area (Å²) in [5.74, 6) is -0.570. The van der Waals surface area contributed by atoms with Crippen molar-refractivity contribution in [3.63, 3.8) is 0 Å². The van der Waals surface area contributed by atoms with Gasteiger partial charge in [0.1, 0.15) is 0 Å². The zero-order valence-corrected chi connectivity index (χ0v) is 17.3. The molecule has 0 spiro atoms. The maximum Gasteiger partial charge on any atom is 0.229 e. The molecule has 0 aliphatic rings. The number of anilines is 1. The summed E-state index contributed by atoms with van der Waals surface area (Å²) in [7, 11) is 0. The number of hydrogen-bond acceptors (Lipinski definition) is 2. The summed E-state index contributed by atoms with van der Waals surface area (Å²) >= 11 is 6.28. The van der Waals surface area contributed by atoms with E-state index in [-0.39, 0.29) is 12.5 Å². The smallest absolute Gasteiger partial charge is 0.229 e. The summed E-state index contributed by atoms with van der Waals surface area (Å²) < 4.78 is 0. The van der Waals surface area contributed by atoms with Gasteiger partial charge >= 0.3 is 0 Å². The fourth-order valence-corrected chi connectivity index (χ4v) is 3.39. The van der Waals surface area contributed by atoms with E-state index in [1.54, 1.807) is 6.92 Å². The molecule has 0 bridgehead atoms. The van der Waals surface area contributed by atoms with Gasteiger partial charge in [0.05, 0.1) is 12.5 Å². The molecule has 0 aliphatic carbocycles. The predicted molar refractivity (Wildman–Crippen MR) is 120 cm³/mol. The summed E-state index contributed by atoms with van der Waals surface area (Å²) in [4.78, 5) is 11.8. The van der Waals surface area contributed by atoms with E-state index in [9.17, 15) is 4.79 Å². The molecule has 150 valence electrons. The maximum absolute atomic E-state index is 11.8. The average Bonchev–Trinajstić information content (AvgIpc) is 2.75. The van der Waals surface area contributed by atoms with Crippen LogP contribution in [-0.2, 0) is 17.6 Å². The Kier molecular flexibility index (Phi) is 7.45. The van der Waals surface area contributed by atoms with Gasteiger partial charge in [0, 0.05) is 16.3 Å². The summed E-state index contributed by atoms with van der Waals surface area (Å²) in [6, 6.07) is 24.4. The van der Waals surface area contributed by atoms with Crippen LogP contribution in [0, 0.1) is 5.92 Å². The Morgan fingerprint density at radius 1 is 0.931 bits per heavy atom. The second kappa shape index (κ2) is 10.2. The van der Waals surface area contributed by atoms with Crippen molar-refractivity contribution < 1.29 is 9.90 Å². The van der Waals surface area contributed by atoms with E-state index >= 15 is 0 Å². The quantitative estimate of drug-likeness (QED) is 0.499. The highest BCUT2D eigenvalue weighted by Crippen LogP contribution is 2.27. The average molecular weight is 408 g/mol. The van der Waals surface area contributed by atoms with Crippen molar-refractivity contribution in [1.29, 1.82) is 0 Å². The van der Waals surface area contributed by atoms with Crippen molar-refractivity contribution in [3.8, 4) is 11.1 Å². The Labute approximate surface area is 177 Å². The minimum absolute atomic E-state index is 0.150. The minimum Gasteiger partial charge on any atom is -0.396 e. The Hall–Kier alpha value is -2.62. The van der Waals surface area contributed by atoms with Crippen LogP contribution in [0.2, 0.25) is 5.02 Å². The highest BCUT2D eigenvalue weighted by molar-refractivity contribution is 6.33. The second-order valence-electron chi connectivity index (χ2n) is 7.30. The van der Waals surface area contributed by atoms with Crippen LogP contribution in [0.25, 0.3) is 11.1 Å². The molecule has 29 heavy (non-hydrogen) atoms. The molecule has 0 saturated heterocycles. The SMILES string of the molecule is CC(CO)C(=O)Nc1ccc(CCCc2ccc(-c3ccccc3Cl)cc2)cc1. The number of amides is 1. The molecule has 1 atom stereocenters. The zero-order valence-electron chi connectivity index (χ0n) is 16.6. The predicted octanol–water partition coefficient (Wildman–Crippen LogP) is 5.75. The summed E-state index contributed by atoms with van der Waals surface area (Å²) in [6.07, 6.45) is 3.04. The van der Waals surface area contributed by atoms with Gasteiger partial charge in [-0.3, -0.25) is 4.79 Å². The van der Waals surface area contributed by atoms with Gasteiger partial charge < -0.3 is 10.4 Å². The van der Waals surface area contributed by atoms with E-state index in [0.717, 1.165) is 41.1 Å². The summed E-state index contributed by atoms with van der Waals surface area (Å²) in [5, 5.41) is 12.6. The number of carbonyl (C=O) groups excluding carboxylic acids is 1. The zero-order chi connectivity index (χ0) is 20.6. The molecule has 3 nitrogen and oxygen atoms in total. The van der Waals surface area contributed by atoms with Gasteiger partial charge in [0.15, 0.2) is 0 Å². The third kappa shape index (κ3) is 5.93. The lowest BCUT2D eigenvalue weighted by Crippen LogP contribution is -2.22. The number of halogens is 1. The Morgan fingerprint density at radius 2 is 1.52 bits per heavy atom. The van der Waals surface area contributed by atoms with E-state index in [1.165, 1.54) is 11.1 Å². The molecule has 3 rings (SSSR count). The lowest BCUT2D eigenvalue weighted by molar-refractivity contribution is -0.120. The van der Waals surface area contributed by atoms with Crippen LogP contribution in [0.3, 0.4) is 0 Å². The Balaban J connectivity index is 1.50. The van der Waals surface area contributed by atoms with Gasteiger partial charge in [0.25, 0.3) is 0 Å². The third-order valence-corrected chi connectivity index (χ3v) is 5.34. The minimum atomic E-state index is -0.404. The van der Waals surface area contributed by atoms with Crippen LogP contribution in [0.15, 0.2) is 72.8 Å². The van der Waals surface area contributed by atoms with Crippen molar-refractivity contribution >= 4 is 23.2 Å². The van der Waals surface area contributed by atoms with Crippen LogP contribution in [0.4, 0.5) is 5.69 Å². The number of rotatable bonds is 8. The van der Waals surface area contributed by atoms with Crippen LogP contribution in [0.5, 0.6) is 0 Å². The number of carbonyl (C=O) groups is 1. The number of benzene rings is 3. The topological polar surface area (TPSA) is 49.3 Å². The highest BCUT2D eigenvalue weighted by atomic mass is 35.5. The molecular weight excluding hydrogens is 382 g/mol. The van der Waals surface area contributed by atoms with Crippen molar-refractivity contribution in [2.24, 2.45) is 5.92 Å². The van der Waals surface area contributed by atoms with E-state index < -0.39 is 5.92 Å². The monoisotopic (exact) mass is 407 g/mol. The van der Waals surface area contributed by atoms with E-state index in [1.807, 2.05) is 48.5 Å². The molecule has 4 heteroatoms. The van der Waals surface area contributed by atoms with Crippen molar-refractivity contribution in [1.82, 2.24) is 0 Å². The van der Waals surface area contributed by atoms with Crippen LogP contribution < -0.4 is 5.32 Å². The number of aliphatic hydroxyl groups excluding tert-OH is 1. The molecule has 0 fully saturated rings. The van der Waals surface area contributed by atoms with Crippen LogP contribution >= 0.6 is 11.6 Å². The van der Waals surface area contributed by atoms with Gasteiger partial charge in [-0.15, -0.1) is 0 Å². The van der Waals surface area contributed by atoms with Crippen molar-refractivity contribution in [3.05, 3.63) is 88.9 Å². The van der Waals surface area contributed by atoms with Crippen LogP contribution in [-0.4, -0.2) is 17.6 Å². The third-order valence-electron chi connectivity index (χ3n) is 5.01. The van der Waals surface area contributed by atoms with Gasteiger partial charge in [-0.1, -0.05) is 73.1 Å². The largest absolute Gasteiger partial charge is 0.396 e. The molecule has 0 aromatic heterocycles. The molecule has 3 aromatic carbocycles. The van der Waals surface area contributed by atoms with Gasteiger partial charge in [-0.25, -0.2) is 0 Å². The number of aliphatic hydroxyl groups is 1. The first-order valence-electron chi connectivity index (χ1n) is 9.91. The van der Waals surface area contributed by atoms with E-state index in [4.69, 9.17) is 16.7 Å². The second-order valence-corrected chi connectivity index (χ2v) is 7.71. The summed E-state index contributed by atoms with van der Waals surface area (Å²) in [6.45, 7) is 1.55. The number of nitrogens with one attached hydrogen (secondary N) is 1. The first-order valence-corrected chi connectivity index (χ1v) is 10.3. The van der Waals surface area contributed by atoms with E-state index in [2.05, 4.69) is 29.6 Å². The lowest BCUT2D eigenvalue weighted by atomic mass is 10.0. The van der Waals surface area contributed by atoms with Crippen molar-refractivity contribution in [2.45, 2.75) is 26.2 Å². The Bertz CT molecular complexity index is 936. The molecule has 0 radical (unpaired) electrons. The fourth-order valence-electron chi connectivity index (χ4n) is 3.15. The molecule has 2 N–H and O–H groups in total. The molecule has 0 saturated carbocycles. The molecule has 0 aliphatic heterocycles. The van der Waals surface area contributed by atoms with Crippen LogP contribution in [0.1, 0.15) is 24.5 Å². The fraction of sp³-hybridized carbons (Fsp3) is 0.240. The lowest BCUT2D eigenvalue weighted by Gasteiger charge is -2.10. The first-order chi connectivity index (χ1) is 14.1. The normalized spacial score (nSPS) is 11.8. The van der Waals surface area contributed by atoms with Crippen molar-refractivity contribution in [2.75, 3.05) is 11.9 Å². The maximum atomic E-state index is 11.8. The van der Waals surface area contributed by atoms with E-state index in [0.29, 0.717) is 0 Å². The number of hydrogen-bond donors (Lipinski definition) is 2. The summed E-state index contributed by atoms with van der Waals surface area (Å²) in [5.41, 5.74) is 5.50. The number of aryl methyl sites for hydroxylation is 2. The Morgan fingerprint density at radius 3 is 2.10 bits per heavy atom. The molecule has 1 amide bonds. The van der Waals surface area contributed by atoms with Gasteiger partial charge in [-0.2, -0.15) is 0 Å². The van der Waals surface area contributed by atoms with Gasteiger partial charge in [-0.05, 0) is 54.2 Å². The molecule has 0 heterocycles. The first kappa shape index (κ1) is 21.1. The highest BCUT2D eigenvalue weighted by Gasteiger charge is 2.11. The standard InChI is InChI=1S/C25H26ClNO2/c1-18(17-28)25(29)27-22-15-11-20(12-16-22)6-4-5-19-9-13-21(14-10-19)23-7-2-3-8-24(23)26/h2-3,7-16,18,28H,4-6,17H2,1H3,(H,27,29). The molecular formula is C25H26ClNO2. The molecule has 3 aromatic rings. The van der Waals surface area contributed by atoms with Gasteiger partial charge in [0.2, 0.25) is 5.91 Å². The molecule has 1 unspecified atom stereocenters.